The maximum Gasteiger partial charge on any atom is 0.108 e. The molecule has 0 amide bonds. The van der Waals surface area contributed by atoms with Crippen LogP contribution in [0.5, 0.6) is 0 Å². The molecule has 0 radical (unpaired) electrons. The van der Waals surface area contributed by atoms with Crippen molar-refractivity contribution < 1.29 is 5.11 Å². The quantitative estimate of drug-likeness (QED) is 0.602. The average molecular weight is 157 g/mol. The molecule has 1 fully saturated rings. The second kappa shape index (κ2) is 3.55. The summed E-state index contributed by atoms with van der Waals surface area (Å²) in [5.41, 5.74) is 0. The van der Waals surface area contributed by atoms with Gasteiger partial charge in [0.15, 0.2) is 0 Å². The molecule has 4 atom stereocenters. The second-order valence-corrected chi connectivity index (χ2v) is 3.80. The third-order valence-electron chi connectivity index (χ3n) is 2.79. The Bertz CT molecular complexity index is 115. The van der Waals surface area contributed by atoms with Crippen LogP contribution in [-0.4, -0.2) is 17.4 Å². The molecule has 1 saturated heterocycles. The first kappa shape index (κ1) is 9.01. The molecule has 66 valence electrons. The Kier molecular flexibility index (Phi) is 2.90. The van der Waals surface area contributed by atoms with Gasteiger partial charge in [-0.15, -0.1) is 0 Å². The summed E-state index contributed by atoms with van der Waals surface area (Å²) in [6.45, 7) is 6.50. The van der Waals surface area contributed by atoms with Gasteiger partial charge in [-0.05, 0) is 25.7 Å². The van der Waals surface area contributed by atoms with E-state index in [-0.39, 0.29) is 6.23 Å². The maximum absolute atomic E-state index is 9.60. The number of hydrogen-bond donors (Lipinski definition) is 2. The fourth-order valence-electron chi connectivity index (χ4n) is 2.15. The van der Waals surface area contributed by atoms with E-state index in [1.165, 1.54) is 6.42 Å². The predicted molar refractivity (Wildman–Crippen MR) is 46.2 cm³/mol. The molecule has 1 rings (SSSR count). The zero-order valence-electron chi connectivity index (χ0n) is 7.67. The Labute approximate surface area is 69.0 Å². The smallest absolute Gasteiger partial charge is 0.108 e. The summed E-state index contributed by atoms with van der Waals surface area (Å²) in [5, 5.41) is 12.8. The molecule has 0 aliphatic carbocycles. The Morgan fingerprint density at radius 1 is 1.45 bits per heavy atom. The molecule has 1 heterocycles. The minimum atomic E-state index is -0.279. The third-order valence-corrected chi connectivity index (χ3v) is 2.79. The van der Waals surface area contributed by atoms with E-state index in [1.807, 2.05) is 0 Å². The molecule has 2 N–H and O–H groups in total. The summed E-state index contributed by atoms with van der Waals surface area (Å²) in [6.07, 6.45) is 1.98. The van der Waals surface area contributed by atoms with Crippen LogP contribution < -0.4 is 5.32 Å². The zero-order valence-corrected chi connectivity index (χ0v) is 7.67. The van der Waals surface area contributed by atoms with Crippen molar-refractivity contribution in [3.8, 4) is 0 Å². The monoisotopic (exact) mass is 157 g/mol. The van der Waals surface area contributed by atoms with E-state index in [0.29, 0.717) is 17.9 Å². The van der Waals surface area contributed by atoms with Crippen molar-refractivity contribution in [1.82, 2.24) is 5.32 Å². The summed E-state index contributed by atoms with van der Waals surface area (Å²) in [4.78, 5) is 0. The Morgan fingerprint density at radius 3 is 2.55 bits per heavy atom. The highest BCUT2D eigenvalue weighted by Gasteiger charge is 2.30. The van der Waals surface area contributed by atoms with Gasteiger partial charge in [0, 0.05) is 12.0 Å². The summed E-state index contributed by atoms with van der Waals surface area (Å²) in [6, 6.07) is 0.475. The van der Waals surface area contributed by atoms with Gasteiger partial charge >= 0.3 is 0 Å². The molecule has 0 saturated carbocycles. The number of rotatable bonds is 1. The molecule has 0 bridgehead atoms. The highest BCUT2D eigenvalue weighted by molar-refractivity contribution is 4.82. The van der Waals surface area contributed by atoms with Crippen LogP contribution in [0, 0.1) is 11.8 Å². The van der Waals surface area contributed by atoms with Crippen molar-refractivity contribution in [1.29, 1.82) is 0 Å². The molecule has 1 aliphatic rings. The maximum atomic E-state index is 9.60. The van der Waals surface area contributed by atoms with E-state index in [0.717, 1.165) is 6.42 Å². The molecule has 0 aromatic carbocycles. The number of nitrogens with one attached hydrogen (secondary N) is 1. The van der Waals surface area contributed by atoms with Gasteiger partial charge in [0.1, 0.15) is 6.23 Å². The van der Waals surface area contributed by atoms with E-state index >= 15 is 0 Å². The van der Waals surface area contributed by atoms with E-state index in [4.69, 9.17) is 0 Å². The summed E-state index contributed by atoms with van der Waals surface area (Å²) < 4.78 is 0. The first-order valence-corrected chi connectivity index (χ1v) is 4.59. The first-order valence-electron chi connectivity index (χ1n) is 4.59. The standard InChI is InChI=1S/C9H19NO/c1-4-8-6(2)5-7(3)10-9(8)11/h6-11H,4-5H2,1-3H3. The fraction of sp³-hybridized carbons (Fsp3) is 1.00. The van der Waals surface area contributed by atoms with Gasteiger partial charge in [-0.25, -0.2) is 0 Å². The van der Waals surface area contributed by atoms with E-state index in [9.17, 15) is 5.11 Å². The molecular formula is C9H19NO. The lowest BCUT2D eigenvalue weighted by Gasteiger charge is -2.37. The lowest BCUT2D eigenvalue weighted by atomic mass is 9.82. The molecule has 0 aromatic heterocycles. The minimum absolute atomic E-state index is 0.279. The first-order chi connectivity index (χ1) is 5.15. The Balaban J connectivity index is 2.52. The SMILES string of the molecule is CCC1C(C)CC(C)NC1O. The van der Waals surface area contributed by atoms with Crippen LogP contribution in [-0.2, 0) is 0 Å². The topological polar surface area (TPSA) is 32.3 Å². The largest absolute Gasteiger partial charge is 0.378 e. The second-order valence-electron chi connectivity index (χ2n) is 3.80. The van der Waals surface area contributed by atoms with Crippen LogP contribution in [0.4, 0.5) is 0 Å². The van der Waals surface area contributed by atoms with Crippen LogP contribution in [0.1, 0.15) is 33.6 Å². The number of aliphatic hydroxyl groups excluding tert-OH is 1. The molecule has 0 aromatic rings. The molecule has 1 aliphatic heterocycles. The highest BCUT2D eigenvalue weighted by Crippen LogP contribution is 2.27. The average Bonchev–Trinajstić information content (AvgIpc) is 1.85. The zero-order chi connectivity index (χ0) is 8.43. The van der Waals surface area contributed by atoms with Crippen LogP contribution in [0.25, 0.3) is 0 Å². The van der Waals surface area contributed by atoms with Crippen molar-refractivity contribution in [3.05, 3.63) is 0 Å². The third kappa shape index (κ3) is 1.94. The van der Waals surface area contributed by atoms with Gasteiger partial charge in [0.2, 0.25) is 0 Å². The van der Waals surface area contributed by atoms with Crippen molar-refractivity contribution in [3.63, 3.8) is 0 Å². The number of aliphatic hydroxyl groups is 1. The van der Waals surface area contributed by atoms with Crippen LogP contribution in [0.3, 0.4) is 0 Å². The molecule has 2 nitrogen and oxygen atoms in total. The summed E-state index contributed by atoms with van der Waals surface area (Å²) in [7, 11) is 0. The van der Waals surface area contributed by atoms with Crippen molar-refractivity contribution in [2.75, 3.05) is 0 Å². The summed E-state index contributed by atoms with van der Waals surface area (Å²) in [5.74, 6) is 1.11. The van der Waals surface area contributed by atoms with Crippen LogP contribution >= 0.6 is 0 Å². The minimum Gasteiger partial charge on any atom is -0.378 e. The van der Waals surface area contributed by atoms with E-state index in [1.54, 1.807) is 0 Å². The van der Waals surface area contributed by atoms with Crippen molar-refractivity contribution in [2.45, 2.75) is 45.9 Å². The summed E-state index contributed by atoms with van der Waals surface area (Å²) >= 11 is 0. The Hall–Kier alpha value is -0.0800. The van der Waals surface area contributed by atoms with Gasteiger partial charge < -0.3 is 5.11 Å². The van der Waals surface area contributed by atoms with Gasteiger partial charge in [-0.1, -0.05) is 13.8 Å². The van der Waals surface area contributed by atoms with E-state index < -0.39 is 0 Å². The molecule has 0 spiro atoms. The highest BCUT2D eigenvalue weighted by atomic mass is 16.3. The molecule has 2 heteroatoms. The van der Waals surface area contributed by atoms with Gasteiger partial charge in [-0.2, -0.15) is 0 Å². The lowest BCUT2D eigenvalue weighted by Crippen LogP contribution is -2.49. The lowest BCUT2D eigenvalue weighted by molar-refractivity contribution is 0.00214. The van der Waals surface area contributed by atoms with E-state index in [2.05, 4.69) is 26.1 Å². The molecule has 11 heavy (non-hydrogen) atoms. The number of hydrogen-bond acceptors (Lipinski definition) is 2. The van der Waals surface area contributed by atoms with Gasteiger partial charge in [0.05, 0.1) is 0 Å². The predicted octanol–water partition coefficient (Wildman–Crippen LogP) is 1.35. The Morgan fingerprint density at radius 2 is 2.09 bits per heavy atom. The number of piperidine rings is 1. The van der Waals surface area contributed by atoms with Crippen molar-refractivity contribution >= 4 is 0 Å². The molecule has 4 unspecified atom stereocenters. The normalized spacial score (nSPS) is 45.8. The van der Waals surface area contributed by atoms with Crippen molar-refractivity contribution in [2.24, 2.45) is 11.8 Å². The molecular weight excluding hydrogens is 138 g/mol. The van der Waals surface area contributed by atoms with Crippen LogP contribution in [0.2, 0.25) is 0 Å². The van der Waals surface area contributed by atoms with Crippen LogP contribution in [0.15, 0.2) is 0 Å². The van der Waals surface area contributed by atoms with Gasteiger partial charge in [0.25, 0.3) is 0 Å². The fourth-order valence-corrected chi connectivity index (χ4v) is 2.15. The van der Waals surface area contributed by atoms with Gasteiger partial charge in [-0.3, -0.25) is 5.32 Å².